The zero-order valence-electron chi connectivity index (χ0n) is 10.6. The van der Waals surface area contributed by atoms with Crippen molar-refractivity contribution in [2.75, 3.05) is 5.32 Å². The Morgan fingerprint density at radius 3 is 2.74 bits per heavy atom. The Balaban J connectivity index is 1.98. The lowest BCUT2D eigenvalue weighted by atomic mass is 10.2. The Hall–Kier alpha value is -1.65. The Morgan fingerprint density at radius 2 is 1.89 bits per heavy atom. The van der Waals surface area contributed by atoms with Gasteiger partial charge in [-0.1, -0.05) is 11.6 Å². The molecule has 0 aliphatic heterocycles. The van der Waals surface area contributed by atoms with Gasteiger partial charge in [-0.3, -0.25) is 0 Å². The van der Waals surface area contributed by atoms with Crippen molar-refractivity contribution < 1.29 is 0 Å². The molecular weight excluding hydrogens is 278 g/mol. The molecule has 19 heavy (non-hydrogen) atoms. The molecule has 0 unspecified atom stereocenters. The van der Waals surface area contributed by atoms with Gasteiger partial charge in [0.1, 0.15) is 0 Å². The van der Waals surface area contributed by atoms with Gasteiger partial charge in [0, 0.05) is 10.4 Å². The number of rotatable bonds is 2. The molecule has 0 saturated carbocycles. The number of aryl methyl sites for hydroxylation is 2. The van der Waals surface area contributed by atoms with E-state index in [2.05, 4.69) is 38.9 Å². The van der Waals surface area contributed by atoms with E-state index in [4.69, 9.17) is 11.6 Å². The smallest absolute Gasteiger partial charge is 0.172 e. The van der Waals surface area contributed by atoms with Gasteiger partial charge in [-0.2, -0.15) is 0 Å². The zero-order valence-corrected chi connectivity index (χ0v) is 12.1. The van der Waals surface area contributed by atoms with Crippen molar-refractivity contribution in [3.05, 3.63) is 46.2 Å². The maximum atomic E-state index is 6.11. The fourth-order valence-electron chi connectivity index (χ4n) is 1.84. The van der Waals surface area contributed by atoms with Crippen LogP contribution in [0.3, 0.4) is 0 Å². The number of nitrogens with zero attached hydrogens (tertiary/aromatic N) is 2. The lowest BCUT2D eigenvalue weighted by Gasteiger charge is -2.09. The van der Waals surface area contributed by atoms with E-state index >= 15 is 0 Å². The number of anilines is 2. The summed E-state index contributed by atoms with van der Waals surface area (Å²) in [7, 11) is 0. The van der Waals surface area contributed by atoms with Crippen molar-refractivity contribution in [3.63, 3.8) is 0 Å². The summed E-state index contributed by atoms with van der Waals surface area (Å²) < 4.78 is 1.27. The molecule has 3 rings (SSSR count). The van der Waals surface area contributed by atoms with E-state index in [9.17, 15) is 0 Å². The summed E-state index contributed by atoms with van der Waals surface area (Å²) in [4.78, 5) is 8.70. The van der Waals surface area contributed by atoms with Crippen LogP contribution >= 0.6 is 22.9 Å². The molecular formula is C14H12ClN3S. The average Bonchev–Trinajstić information content (AvgIpc) is 2.83. The largest absolute Gasteiger partial charge is 0.338 e. The quantitative estimate of drug-likeness (QED) is 0.743. The van der Waals surface area contributed by atoms with Gasteiger partial charge in [0.15, 0.2) is 11.0 Å². The monoisotopic (exact) mass is 289 g/mol. The van der Waals surface area contributed by atoms with Gasteiger partial charge >= 0.3 is 0 Å². The van der Waals surface area contributed by atoms with Crippen LogP contribution in [0.15, 0.2) is 29.6 Å². The average molecular weight is 290 g/mol. The third kappa shape index (κ3) is 2.41. The van der Waals surface area contributed by atoms with Crippen molar-refractivity contribution in [2.45, 2.75) is 13.8 Å². The van der Waals surface area contributed by atoms with Gasteiger partial charge in [-0.25, -0.2) is 9.97 Å². The van der Waals surface area contributed by atoms with Crippen LogP contribution in [0.1, 0.15) is 11.4 Å². The van der Waals surface area contributed by atoms with Gasteiger partial charge in [0.2, 0.25) is 0 Å². The molecule has 0 saturated heterocycles. The van der Waals surface area contributed by atoms with Crippen LogP contribution < -0.4 is 5.32 Å². The Bertz CT molecular complexity index is 752. The van der Waals surface area contributed by atoms with E-state index < -0.39 is 0 Å². The normalized spacial score (nSPS) is 10.9. The van der Waals surface area contributed by atoms with Crippen molar-refractivity contribution in [1.29, 1.82) is 0 Å². The second kappa shape index (κ2) is 4.79. The van der Waals surface area contributed by atoms with Crippen molar-refractivity contribution in [3.8, 4) is 0 Å². The minimum Gasteiger partial charge on any atom is -0.338 e. The molecule has 2 heterocycles. The lowest BCUT2D eigenvalue weighted by Crippen LogP contribution is -2.00. The fourth-order valence-corrected chi connectivity index (χ4v) is 2.82. The molecule has 0 amide bonds. The van der Waals surface area contributed by atoms with E-state index in [1.807, 2.05) is 19.9 Å². The highest BCUT2D eigenvalue weighted by atomic mass is 35.5. The minimum absolute atomic E-state index is 0.397. The topological polar surface area (TPSA) is 37.8 Å². The molecule has 1 N–H and O–H groups in total. The number of fused-ring (bicyclic) bond motifs is 1. The summed E-state index contributed by atoms with van der Waals surface area (Å²) in [5.74, 6) is 0.597. The van der Waals surface area contributed by atoms with Gasteiger partial charge < -0.3 is 5.32 Å². The first kappa shape index (κ1) is 12.4. The molecule has 2 aromatic heterocycles. The van der Waals surface area contributed by atoms with Crippen LogP contribution in [0, 0.1) is 13.8 Å². The summed E-state index contributed by atoms with van der Waals surface area (Å²) in [6, 6.07) is 8.29. The molecule has 96 valence electrons. The van der Waals surface area contributed by atoms with Gasteiger partial charge in [0.05, 0.1) is 11.4 Å². The molecule has 3 nitrogen and oxygen atoms in total. The minimum atomic E-state index is 0.397. The molecule has 0 aliphatic rings. The Kier molecular flexibility index (Phi) is 3.12. The summed E-state index contributed by atoms with van der Waals surface area (Å²) >= 11 is 7.84. The maximum Gasteiger partial charge on any atom is 0.172 e. The summed E-state index contributed by atoms with van der Waals surface area (Å²) in [6.07, 6.45) is 0. The first-order valence-electron chi connectivity index (χ1n) is 5.88. The summed E-state index contributed by atoms with van der Waals surface area (Å²) in [6.45, 7) is 3.82. The van der Waals surface area contributed by atoms with Crippen molar-refractivity contribution >= 4 is 44.5 Å². The van der Waals surface area contributed by atoms with Crippen molar-refractivity contribution in [2.24, 2.45) is 0 Å². The summed E-state index contributed by atoms with van der Waals surface area (Å²) in [5, 5.41) is 6.91. The molecule has 5 heteroatoms. The number of hydrogen-bond donors (Lipinski definition) is 1. The van der Waals surface area contributed by atoms with E-state index in [0.29, 0.717) is 11.0 Å². The van der Waals surface area contributed by atoms with Gasteiger partial charge in [-0.05, 0) is 48.9 Å². The first-order valence-corrected chi connectivity index (χ1v) is 7.14. The molecule has 0 bridgehead atoms. The highest BCUT2D eigenvalue weighted by Crippen LogP contribution is 2.27. The molecule has 3 aromatic rings. The summed E-state index contributed by atoms with van der Waals surface area (Å²) in [5.41, 5.74) is 2.69. The highest BCUT2D eigenvalue weighted by Gasteiger charge is 2.07. The van der Waals surface area contributed by atoms with E-state index in [0.717, 1.165) is 17.1 Å². The van der Waals surface area contributed by atoms with Crippen molar-refractivity contribution in [1.82, 2.24) is 9.97 Å². The SMILES string of the molecule is Cc1nc(Cl)c(Nc2ccc3sccc3c2)nc1C. The molecule has 0 radical (unpaired) electrons. The third-order valence-electron chi connectivity index (χ3n) is 2.98. The van der Waals surface area contributed by atoms with Crippen LogP contribution in [0.25, 0.3) is 10.1 Å². The molecule has 0 spiro atoms. The molecule has 0 fully saturated rings. The first-order chi connectivity index (χ1) is 9.13. The lowest BCUT2D eigenvalue weighted by molar-refractivity contribution is 1.05. The van der Waals surface area contributed by atoms with Crippen LogP contribution in [0.5, 0.6) is 0 Å². The molecule has 1 aromatic carbocycles. The second-order valence-corrected chi connectivity index (χ2v) is 5.64. The van der Waals surface area contributed by atoms with Crippen LogP contribution in [0.2, 0.25) is 5.15 Å². The highest BCUT2D eigenvalue weighted by molar-refractivity contribution is 7.17. The van der Waals surface area contributed by atoms with Crippen LogP contribution in [0.4, 0.5) is 11.5 Å². The van der Waals surface area contributed by atoms with Crippen LogP contribution in [-0.4, -0.2) is 9.97 Å². The van der Waals surface area contributed by atoms with E-state index in [1.54, 1.807) is 11.3 Å². The Morgan fingerprint density at radius 1 is 1.11 bits per heavy atom. The Labute approximate surface area is 120 Å². The second-order valence-electron chi connectivity index (χ2n) is 4.33. The van der Waals surface area contributed by atoms with E-state index in [-0.39, 0.29) is 0 Å². The maximum absolute atomic E-state index is 6.11. The number of halogens is 1. The number of nitrogens with one attached hydrogen (secondary N) is 1. The predicted molar refractivity (Wildman–Crippen MR) is 81.6 cm³/mol. The number of thiophene rings is 1. The predicted octanol–water partition coefficient (Wildman–Crippen LogP) is 4.71. The number of benzene rings is 1. The van der Waals surface area contributed by atoms with Crippen LogP contribution in [-0.2, 0) is 0 Å². The molecule has 0 aliphatic carbocycles. The zero-order chi connectivity index (χ0) is 13.4. The third-order valence-corrected chi connectivity index (χ3v) is 4.14. The van der Waals surface area contributed by atoms with Gasteiger partial charge in [0.25, 0.3) is 0 Å². The van der Waals surface area contributed by atoms with Gasteiger partial charge in [-0.15, -0.1) is 11.3 Å². The number of aromatic nitrogens is 2. The number of hydrogen-bond acceptors (Lipinski definition) is 4. The fraction of sp³-hybridized carbons (Fsp3) is 0.143. The van der Waals surface area contributed by atoms with E-state index in [1.165, 1.54) is 10.1 Å². The standard InChI is InChI=1S/C14H12ClN3S/c1-8-9(2)17-14(13(15)16-8)18-11-3-4-12-10(7-11)5-6-19-12/h3-7H,1-2H3,(H,17,18). The molecule has 0 atom stereocenters.